The van der Waals surface area contributed by atoms with Crippen LogP contribution in [0.2, 0.25) is 0 Å². The molecule has 0 radical (unpaired) electrons. The number of carbonyl (C=O) groups excluding carboxylic acids is 1. The van der Waals surface area contributed by atoms with Crippen LogP contribution in [0.4, 0.5) is 5.69 Å². The van der Waals surface area contributed by atoms with Gasteiger partial charge in [-0.05, 0) is 49.1 Å². The van der Waals surface area contributed by atoms with E-state index in [9.17, 15) is 4.79 Å². The number of piperidine rings is 1. The minimum Gasteiger partial charge on any atom is -0.356 e. The van der Waals surface area contributed by atoms with Gasteiger partial charge in [-0.3, -0.25) is 14.7 Å². The first-order valence-corrected chi connectivity index (χ1v) is 11.8. The van der Waals surface area contributed by atoms with Crippen LogP contribution in [-0.4, -0.2) is 42.9 Å². The molecule has 2 aromatic rings. The lowest BCUT2D eigenvalue weighted by Crippen LogP contribution is -2.40. The molecule has 2 unspecified atom stereocenters. The Kier molecular flexibility index (Phi) is 9.55. The van der Waals surface area contributed by atoms with Gasteiger partial charge >= 0.3 is 0 Å². The molecule has 0 spiro atoms. The van der Waals surface area contributed by atoms with Crippen molar-refractivity contribution >= 4 is 41.5 Å². The summed E-state index contributed by atoms with van der Waals surface area (Å²) >= 11 is 0. The monoisotopic (exact) mass is 561 g/mol. The molecule has 6 nitrogen and oxygen atoms in total. The summed E-state index contributed by atoms with van der Waals surface area (Å²) in [4.78, 5) is 19.0. The number of benzene rings is 2. The lowest BCUT2D eigenvalue weighted by atomic mass is 9.90. The average Bonchev–Trinajstić information content (AvgIpc) is 2.81. The third-order valence-electron chi connectivity index (χ3n) is 6.66. The summed E-state index contributed by atoms with van der Waals surface area (Å²) in [6, 6.07) is 17.6. The third-order valence-corrected chi connectivity index (χ3v) is 6.66. The molecule has 33 heavy (non-hydrogen) atoms. The zero-order valence-corrected chi connectivity index (χ0v) is 22.0. The number of carbonyl (C=O) groups is 1. The lowest BCUT2D eigenvalue weighted by molar-refractivity contribution is -0.116. The smallest absolute Gasteiger partial charge is 0.225 e. The van der Waals surface area contributed by atoms with Crippen molar-refractivity contribution in [1.82, 2.24) is 15.5 Å². The van der Waals surface area contributed by atoms with Gasteiger partial charge in [-0.2, -0.15) is 0 Å². The predicted octanol–water partition coefficient (Wildman–Crippen LogP) is 4.47. The normalized spacial score (nSPS) is 20.9. The Labute approximate surface area is 214 Å². The molecular weight excluding hydrogens is 525 g/mol. The number of nitrogens with zero attached hydrogens (tertiary/aromatic N) is 2. The van der Waals surface area contributed by atoms with Crippen LogP contribution in [0.3, 0.4) is 0 Å². The van der Waals surface area contributed by atoms with E-state index in [1.54, 1.807) is 7.05 Å². The van der Waals surface area contributed by atoms with E-state index >= 15 is 0 Å². The molecule has 0 saturated carbocycles. The summed E-state index contributed by atoms with van der Waals surface area (Å²) in [5.74, 6) is 0.951. The molecule has 2 aliphatic rings. The lowest BCUT2D eigenvalue weighted by Gasteiger charge is -2.33. The highest BCUT2D eigenvalue weighted by Gasteiger charge is 2.24. The van der Waals surface area contributed by atoms with Crippen molar-refractivity contribution in [1.29, 1.82) is 0 Å². The van der Waals surface area contributed by atoms with Crippen molar-refractivity contribution in [3.63, 3.8) is 0 Å². The summed E-state index contributed by atoms with van der Waals surface area (Å²) in [5.41, 5.74) is 4.69. The number of para-hydroxylation sites is 1. The van der Waals surface area contributed by atoms with E-state index in [4.69, 9.17) is 0 Å². The third kappa shape index (κ3) is 6.93. The minimum atomic E-state index is 0. The number of likely N-dealkylation sites (tertiary alicyclic amines) is 1. The van der Waals surface area contributed by atoms with Crippen molar-refractivity contribution in [3.8, 4) is 0 Å². The first-order valence-electron chi connectivity index (χ1n) is 11.8. The topological polar surface area (TPSA) is 68.8 Å². The molecule has 1 saturated heterocycles. The van der Waals surface area contributed by atoms with Gasteiger partial charge in [0.1, 0.15) is 0 Å². The molecule has 0 bridgehead atoms. The molecule has 2 aliphatic heterocycles. The van der Waals surface area contributed by atoms with Crippen LogP contribution in [0.1, 0.15) is 55.2 Å². The van der Waals surface area contributed by atoms with E-state index in [-0.39, 0.29) is 35.8 Å². The summed E-state index contributed by atoms with van der Waals surface area (Å²) < 4.78 is 0. The number of fused-ring (bicyclic) bond motifs is 1. The maximum atomic E-state index is 12.0. The number of hydrogen-bond acceptors (Lipinski definition) is 3. The Bertz CT molecular complexity index is 946. The molecule has 1 amide bonds. The summed E-state index contributed by atoms with van der Waals surface area (Å²) in [7, 11) is 1.78. The molecule has 7 heteroatoms. The maximum absolute atomic E-state index is 12.0. The number of guanidine groups is 1. The van der Waals surface area contributed by atoms with Crippen molar-refractivity contribution in [3.05, 3.63) is 65.2 Å². The van der Waals surface area contributed by atoms with Crippen LogP contribution in [0.5, 0.6) is 0 Å². The summed E-state index contributed by atoms with van der Waals surface area (Å²) in [6.45, 7) is 5.96. The van der Waals surface area contributed by atoms with Crippen LogP contribution in [-0.2, 0) is 17.9 Å². The van der Waals surface area contributed by atoms with Gasteiger partial charge in [0.05, 0.1) is 0 Å². The van der Waals surface area contributed by atoms with E-state index < -0.39 is 0 Å². The van der Waals surface area contributed by atoms with E-state index in [1.807, 2.05) is 18.2 Å². The van der Waals surface area contributed by atoms with Crippen LogP contribution in [0, 0.1) is 0 Å². The number of nitrogens with one attached hydrogen (secondary N) is 3. The highest BCUT2D eigenvalue weighted by molar-refractivity contribution is 14.0. The molecule has 0 aliphatic carbocycles. The summed E-state index contributed by atoms with van der Waals surface area (Å²) in [5, 5.41) is 9.74. The molecule has 2 heterocycles. The SMILES string of the molecule is CN=C(NCc1ccc(CN2CCCCC2C)cc1)NCC1CC(=O)Nc2ccccc21.I. The maximum Gasteiger partial charge on any atom is 0.225 e. The van der Waals surface area contributed by atoms with Gasteiger partial charge in [-0.25, -0.2) is 0 Å². The van der Waals surface area contributed by atoms with Gasteiger partial charge in [0.2, 0.25) is 5.91 Å². The van der Waals surface area contributed by atoms with Gasteiger partial charge < -0.3 is 16.0 Å². The minimum absolute atomic E-state index is 0. The van der Waals surface area contributed by atoms with Crippen molar-refractivity contribution in [2.75, 3.05) is 25.5 Å². The zero-order chi connectivity index (χ0) is 22.3. The Morgan fingerprint density at radius 1 is 1.09 bits per heavy atom. The second-order valence-corrected chi connectivity index (χ2v) is 8.97. The zero-order valence-electron chi connectivity index (χ0n) is 19.6. The highest BCUT2D eigenvalue weighted by Crippen LogP contribution is 2.31. The van der Waals surface area contributed by atoms with Gasteiger partial charge in [0.25, 0.3) is 0 Å². The number of amides is 1. The first-order chi connectivity index (χ1) is 15.6. The number of hydrogen-bond donors (Lipinski definition) is 3. The standard InChI is InChI=1S/C26H35N5O.HI/c1-19-7-5-6-14-31(19)18-21-12-10-20(11-13-21)16-28-26(27-2)29-17-22-15-25(32)30-24-9-4-3-8-23(22)24;/h3-4,8-13,19,22H,5-7,14-18H2,1-2H3,(H,30,32)(H2,27,28,29);1H. The molecular formula is C26H36IN5O. The number of aliphatic imine (C=N–C) groups is 1. The Hall–Kier alpha value is -2.13. The van der Waals surface area contributed by atoms with Crippen molar-refractivity contribution < 1.29 is 4.79 Å². The van der Waals surface area contributed by atoms with Gasteiger partial charge in [0.15, 0.2) is 5.96 Å². The Morgan fingerprint density at radius 3 is 2.61 bits per heavy atom. The molecule has 178 valence electrons. The fourth-order valence-corrected chi connectivity index (χ4v) is 4.70. The van der Waals surface area contributed by atoms with Gasteiger partial charge in [0, 0.05) is 50.7 Å². The van der Waals surface area contributed by atoms with E-state index in [1.165, 1.54) is 42.5 Å². The van der Waals surface area contributed by atoms with E-state index in [2.05, 4.69) is 63.1 Å². The van der Waals surface area contributed by atoms with Crippen molar-refractivity contribution in [2.24, 2.45) is 4.99 Å². The molecule has 3 N–H and O–H groups in total. The second kappa shape index (κ2) is 12.4. The predicted molar refractivity (Wildman–Crippen MR) is 146 cm³/mol. The van der Waals surface area contributed by atoms with Gasteiger partial charge in [-0.15, -0.1) is 24.0 Å². The molecule has 1 fully saturated rings. The van der Waals surface area contributed by atoms with Crippen molar-refractivity contribution in [2.45, 2.75) is 57.7 Å². The van der Waals surface area contributed by atoms with E-state index in [0.29, 0.717) is 25.6 Å². The fraction of sp³-hybridized carbons (Fsp3) is 0.462. The van der Waals surface area contributed by atoms with Crippen LogP contribution in [0.15, 0.2) is 53.5 Å². The number of anilines is 1. The van der Waals surface area contributed by atoms with Crippen LogP contribution >= 0.6 is 24.0 Å². The second-order valence-electron chi connectivity index (χ2n) is 8.97. The summed E-state index contributed by atoms with van der Waals surface area (Å²) in [6.07, 6.45) is 4.47. The quantitative estimate of drug-likeness (QED) is 0.277. The van der Waals surface area contributed by atoms with Gasteiger partial charge in [-0.1, -0.05) is 48.9 Å². The highest BCUT2D eigenvalue weighted by atomic mass is 127. The largest absolute Gasteiger partial charge is 0.356 e. The van der Waals surface area contributed by atoms with Crippen LogP contribution in [0.25, 0.3) is 0 Å². The first kappa shape index (κ1) is 25.5. The average molecular weight is 562 g/mol. The number of halogens is 1. The fourth-order valence-electron chi connectivity index (χ4n) is 4.70. The molecule has 0 aromatic heterocycles. The molecule has 2 atom stereocenters. The van der Waals surface area contributed by atoms with E-state index in [0.717, 1.165) is 18.2 Å². The number of rotatable bonds is 6. The van der Waals surface area contributed by atoms with Crippen LogP contribution < -0.4 is 16.0 Å². The molecule has 4 rings (SSSR count). The molecule has 2 aromatic carbocycles. The Balaban J connectivity index is 0.00000306. The Morgan fingerprint density at radius 2 is 1.85 bits per heavy atom.